The molecule has 0 amide bonds. The minimum Gasteiger partial charge on any atom is -0.490 e. The fourth-order valence-electron chi connectivity index (χ4n) is 2.90. The lowest BCUT2D eigenvalue weighted by Gasteiger charge is -2.14. The molecule has 0 radical (unpaired) electrons. The monoisotopic (exact) mass is 391 g/mol. The summed E-state index contributed by atoms with van der Waals surface area (Å²) < 4.78 is 44.9. The molecule has 0 spiro atoms. The van der Waals surface area contributed by atoms with E-state index in [1.165, 1.54) is 12.1 Å². The summed E-state index contributed by atoms with van der Waals surface area (Å²) in [5.74, 6) is 0.804. The SMILES string of the molecule is C/C=C/COc1cc(C)c(Cc2ccc(/C(=N/OC)C(F)(F)F)cc2)c(C)c1. The fourth-order valence-corrected chi connectivity index (χ4v) is 2.90. The van der Waals surface area contributed by atoms with E-state index in [0.717, 1.165) is 35.1 Å². The minimum absolute atomic E-state index is 0.0285. The zero-order valence-corrected chi connectivity index (χ0v) is 16.4. The second-order valence-electron chi connectivity index (χ2n) is 6.41. The Hall–Kier alpha value is -2.76. The molecule has 0 aliphatic heterocycles. The topological polar surface area (TPSA) is 30.8 Å². The number of benzene rings is 2. The lowest BCUT2D eigenvalue weighted by Crippen LogP contribution is -2.24. The van der Waals surface area contributed by atoms with Crippen molar-refractivity contribution in [2.45, 2.75) is 33.4 Å². The molecule has 0 aliphatic carbocycles. The first kappa shape index (κ1) is 21.5. The summed E-state index contributed by atoms with van der Waals surface area (Å²) in [7, 11) is 1.09. The molecule has 28 heavy (non-hydrogen) atoms. The Morgan fingerprint density at radius 3 is 2.18 bits per heavy atom. The number of aryl methyl sites for hydroxylation is 2. The van der Waals surface area contributed by atoms with Gasteiger partial charge in [-0.05, 0) is 61.6 Å². The van der Waals surface area contributed by atoms with Crippen LogP contribution >= 0.6 is 0 Å². The molecule has 0 heterocycles. The first-order valence-electron chi connectivity index (χ1n) is 8.88. The van der Waals surface area contributed by atoms with E-state index in [-0.39, 0.29) is 5.56 Å². The maximum atomic E-state index is 13.1. The van der Waals surface area contributed by atoms with Crippen LogP contribution in [0, 0.1) is 13.8 Å². The molecule has 0 unspecified atom stereocenters. The molecule has 0 saturated carbocycles. The zero-order valence-electron chi connectivity index (χ0n) is 16.4. The molecule has 0 atom stereocenters. The Bertz CT molecular complexity index is 830. The average molecular weight is 391 g/mol. The number of rotatable bonds is 7. The van der Waals surface area contributed by atoms with Gasteiger partial charge in [-0.3, -0.25) is 0 Å². The Balaban J connectivity index is 2.21. The van der Waals surface area contributed by atoms with Crippen molar-refractivity contribution in [3.63, 3.8) is 0 Å². The molecule has 0 N–H and O–H groups in total. The molecule has 150 valence electrons. The number of allylic oxidation sites excluding steroid dienone is 1. The number of hydrogen-bond donors (Lipinski definition) is 0. The quantitative estimate of drug-likeness (QED) is 0.341. The third-order valence-electron chi connectivity index (χ3n) is 4.31. The minimum atomic E-state index is -4.58. The molecule has 0 saturated heterocycles. The molecular weight excluding hydrogens is 367 g/mol. The normalized spacial score (nSPS) is 12.5. The van der Waals surface area contributed by atoms with Gasteiger partial charge >= 0.3 is 6.18 Å². The lowest BCUT2D eigenvalue weighted by atomic mass is 9.95. The van der Waals surface area contributed by atoms with Crippen molar-refractivity contribution >= 4 is 5.71 Å². The number of ether oxygens (including phenoxy) is 1. The van der Waals surface area contributed by atoms with Crippen molar-refractivity contribution in [3.05, 3.63) is 76.4 Å². The van der Waals surface area contributed by atoms with Crippen LogP contribution in [0.25, 0.3) is 0 Å². The highest BCUT2D eigenvalue weighted by atomic mass is 19.4. The maximum absolute atomic E-state index is 13.1. The van der Waals surface area contributed by atoms with Crippen LogP contribution in [0.1, 0.15) is 34.7 Å². The van der Waals surface area contributed by atoms with Crippen LogP contribution in [0.5, 0.6) is 5.75 Å². The number of alkyl halides is 3. The van der Waals surface area contributed by atoms with Gasteiger partial charge in [0.2, 0.25) is 0 Å². The summed E-state index contributed by atoms with van der Waals surface area (Å²) in [6.07, 6.45) is -0.0924. The molecule has 2 aromatic rings. The Labute approximate surface area is 163 Å². The van der Waals surface area contributed by atoms with Gasteiger partial charge in [-0.2, -0.15) is 13.2 Å². The summed E-state index contributed by atoms with van der Waals surface area (Å²) in [5.41, 5.74) is 3.13. The van der Waals surface area contributed by atoms with E-state index in [2.05, 4.69) is 9.99 Å². The van der Waals surface area contributed by atoms with E-state index in [4.69, 9.17) is 4.74 Å². The van der Waals surface area contributed by atoms with Gasteiger partial charge in [0.1, 0.15) is 19.5 Å². The van der Waals surface area contributed by atoms with Crippen LogP contribution in [0.4, 0.5) is 13.2 Å². The van der Waals surface area contributed by atoms with Crippen LogP contribution in [-0.4, -0.2) is 25.6 Å². The zero-order chi connectivity index (χ0) is 20.7. The van der Waals surface area contributed by atoms with Gasteiger partial charge in [-0.15, -0.1) is 0 Å². The second-order valence-corrected chi connectivity index (χ2v) is 6.41. The molecule has 2 rings (SSSR count). The van der Waals surface area contributed by atoms with Crippen molar-refractivity contribution in [3.8, 4) is 5.75 Å². The fraction of sp³-hybridized carbons (Fsp3) is 0.318. The van der Waals surface area contributed by atoms with Gasteiger partial charge < -0.3 is 9.57 Å². The highest BCUT2D eigenvalue weighted by Crippen LogP contribution is 2.26. The number of halogens is 3. The largest absolute Gasteiger partial charge is 0.490 e. The molecule has 0 fully saturated rings. The predicted octanol–water partition coefficient (Wildman–Crippen LogP) is 5.76. The molecule has 6 heteroatoms. The van der Waals surface area contributed by atoms with Crippen molar-refractivity contribution < 1.29 is 22.7 Å². The standard InChI is InChI=1S/C22H24F3NO2/c1-5-6-11-28-19-12-15(2)20(16(3)13-19)14-17-7-9-18(10-8-17)21(26-27-4)22(23,24)25/h5-10,12-13H,11,14H2,1-4H3/b6-5+,26-21-. The number of hydrogen-bond acceptors (Lipinski definition) is 3. The van der Waals surface area contributed by atoms with Crippen molar-refractivity contribution in [1.29, 1.82) is 0 Å². The highest BCUT2D eigenvalue weighted by Gasteiger charge is 2.37. The number of oxime groups is 1. The Kier molecular flexibility index (Phi) is 7.26. The molecular formula is C22H24F3NO2. The van der Waals surface area contributed by atoms with Crippen molar-refractivity contribution in [2.75, 3.05) is 13.7 Å². The second kappa shape index (κ2) is 9.44. The van der Waals surface area contributed by atoms with Gasteiger partial charge in [0.25, 0.3) is 0 Å². The predicted molar refractivity (Wildman–Crippen MR) is 105 cm³/mol. The Morgan fingerprint density at radius 2 is 1.68 bits per heavy atom. The van der Waals surface area contributed by atoms with Gasteiger partial charge in [0.05, 0.1) is 0 Å². The average Bonchev–Trinajstić information content (AvgIpc) is 2.63. The molecule has 0 aromatic heterocycles. The van der Waals surface area contributed by atoms with E-state index in [9.17, 15) is 13.2 Å². The van der Waals surface area contributed by atoms with Gasteiger partial charge in [0, 0.05) is 5.56 Å². The summed E-state index contributed by atoms with van der Waals surface area (Å²) >= 11 is 0. The maximum Gasteiger partial charge on any atom is 0.437 e. The van der Waals surface area contributed by atoms with Gasteiger partial charge in [-0.1, -0.05) is 41.6 Å². The molecule has 0 bridgehead atoms. The summed E-state index contributed by atoms with van der Waals surface area (Å²) in [5, 5.41) is 3.12. The van der Waals surface area contributed by atoms with Crippen LogP contribution in [0.2, 0.25) is 0 Å². The van der Waals surface area contributed by atoms with Gasteiger partial charge in [-0.25, -0.2) is 0 Å². The summed E-state index contributed by atoms with van der Waals surface area (Å²) in [6, 6.07) is 10.2. The molecule has 2 aromatic carbocycles. The third kappa shape index (κ3) is 5.62. The first-order valence-corrected chi connectivity index (χ1v) is 8.88. The van der Waals surface area contributed by atoms with Crippen LogP contribution in [-0.2, 0) is 11.3 Å². The summed E-state index contributed by atoms with van der Waals surface area (Å²) in [4.78, 5) is 4.34. The lowest BCUT2D eigenvalue weighted by molar-refractivity contribution is -0.0607. The highest BCUT2D eigenvalue weighted by molar-refractivity contribution is 6.04. The van der Waals surface area contributed by atoms with E-state index in [1.54, 1.807) is 12.1 Å². The first-order chi connectivity index (χ1) is 13.3. The van der Waals surface area contributed by atoms with Crippen molar-refractivity contribution in [1.82, 2.24) is 0 Å². The summed E-state index contributed by atoms with van der Waals surface area (Å²) in [6.45, 7) is 6.46. The Morgan fingerprint density at radius 1 is 1.07 bits per heavy atom. The molecule has 3 nitrogen and oxygen atoms in total. The van der Waals surface area contributed by atoms with E-state index >= 15 is 0 Å². The van der Waals surface area contributed by atoms with E-state index in [0.29, 0.717) is 13.0 Å². The van der Waals surface area contributed by atoms with Crippen molar-refractivity contribution in [2.24, 2.45) is 5.16 Å². The van der Waals surface area contributed by atoms with Crippen LogP contribution in [0.15, 0.2) is 53.7 Å². The number of nitrogens with zero attached hydrogens (tertiary/aromatic N) is 1. The van der Waals surface area contributed by atoms with E-state index in [1.807, 2.05) is 45.1 Å². The van der Waals surface area contributed by atoms with Gasteiger partial charge in [0.15, 0.2) is 5.71 Å². The van der Waals surface area contributed by atoms with E-state index < -0.39 is 11.9 Å². The third-order valence-corrected chi connectivity index (χ3v) is 4.31. The van der Waals surface area contributed by atoms with Crippen LogP contribution < -0.4 is 4.74 Å². The molecule has 0 aliphatic rings. The smallest absolute Gasteiger partial charge is 0.437 e. The van der Waals surface area contributed by atoms with Crippen LogP contribution in [0.3, 0.4) is 0 Å².